The number of amides is 1. The van der Waals surface area contributed by atoms with Gasteiger partial charge in [-0.3, -0.25) is 4.79 Å². The van der Waals surface area contributed by atoms with Gasteiger partial charge in [0.05, 0.1) is 38.5 Å². The molecule has 0 unspecified atom stereocenters. The third-order valence-electron chi connectivity index (χ3n) is 3.46. The number of hydrogen-bond donors (Lipinski definition) is 1. The van der Waals surface area contributed by atoms with Crippen molar-refractivity contribution in [2.45, 2.75) is 13.3 Å². The molecule has 2 aromatic carbocycles. The smallest absolute Gasteiger partial charge is 0.244 e. The summed E-state index contributed by atoms with van der Waals surface area (Å²) in [7, 11) is 3.03. The zero-order valence-corrected chi connectivity index (χ0v) is 15.7. The van der Waals surface area contributed by atoms with Gasteiger partial charge in [-0.25, -0.2) is 5.43 Å². The first-order valence-electron chi connectivity index (χ1n) is 8.02. The standard InChI is InChI=1S/C19H21ClN2O4/c1-4-26-15-7-5-13(6-8-15)11-18(23)22-21-12-14-9-16(20)19(25-3)17(10-14)24-2/h5-10,12H,4,11H2,1-3H3,(H,22,23)/b21-12-. The number of ether oxygens (including phenoxy) is 3. The fourth-order valence-corrected chi connectivity index (χ4v) is 2.58. The van der Waals surface area contributed by atoms with E-state index >= 15 is 0 Å². The van der Waals surface area contributed by atoms with Gasteiger partial charge in [0.1, 0.15) is 5.75 Å². The van der Waals surface area contributed by atoms with Crippen molar-refractivity contribution in [1.29, 1.82) is 0 Å². The van der Waals surface area contributed by atoms with Crippen molar-refractivity contribution in [2.24, 2.45) is 5.10 Å². The van der Waals surface area contributed by atoms with Crippen molar-refractivity contribution < 1.29 is 19.0 Å². The SMILES string of the molecule is CCOc1ccc(CC(=O)N/N=C\c2cc(Cl)c(OC)c(OC)c2)cc1. The quantitative estimate of drug-likeness (QED) is 0.566. The van der Waals surface area contributed by atoms with Crippen LogP contribution in [0.3, 0.4) is 0 Å². The van der Waals surface area contributed by atoms with Crippen LogP contribution in [0.2, 0.25) is 5.02 Å². The summed E-state index contributed by atoms with van der Waals surface area (Å²) in [6.07, 6.45) is 1.71. The minimum atomic E-state index is -0.225. The topological polar surface area (TPSA) is 69.2 Å². The molecular weight excluding hydrogens is 356 g/mol. The summed E-state index contributed by atoms with van der Waals surface area (Å²) >= 11 is 6.13. The van der Waals surface area contributed by atoms with Gasteiger partial charge in [0.15, 0.2) is 11.5 Å². The van der Waals surface area contributed by atoms with Crippen molar-refractivity contribution in [2.75, 3.05) is 20.8 Å². The number of nitrogens with zero attached hydrogens (tertiary/aromatic N) is 1. The Morgan fingerprint density at radius 2 is 1.92 bits per heavy atom. The Hall–Kier alpha value is -2.73. The summed E-state index contributed by atoms with van der Waals surface area (Å²) in [5, 5.41) is 4.35. The van der Waals surface area contributed by atoms with E-state index in [-0.39, 0.29) is 12.3 Å². The Kier molecular flexibility index (Phi) is 7.29. The number of hydrogen-bond acceptors (Lipinski definition) is 5. The summed E-state index contributed by atoms with van der Waals surface area (Å²) in [6.45, 7) is 2.53. The number of rotatable bonds is 8. The van der Waals surface area contributed by atoms with Crippen LogP contribution in [-0.4, -0.2) is 32.9 Å². The Balaban J connectivity index is 1.95. The van der Waals surface area contributed by atoms with E-state index in [1.807, 2.05) is 31.2 Å². The molecule has 0 bridgehead atoms. The summed E-state index contributed by atoms with van der Waals surface area (Å²) in [5.74, 6) is 1.49. The molecule has 0 aliphatic carbocycles. The molecule has 0 saturated heterocycles. The second-order valence-electron chi connectivity index (χ2n) is 5.29. The first-order chi connectivity index (χ1) is 12.6. The van der Waals surface area contributed by atoms with Gasteiger partial charge in [-0.1, -0.05) is 23.7 Å². The molecule has 1 N–H and O–H groups in total. The maximum absolute atomic E-state index is 12.0. The van der Waals surface area contributed by atoms with E-state index in [0.717, 1.165) is 11.3 Å². The number of nitrogens with one attached hydrogen (secondary N) is 1. The summed E-state index contributed by atoms with van der Waals surface area (Å²) in [6, 6.07) is 10.8. The highest BCUT2D eigenvalue weighted by Gasteiger charge is 2.10. The van der Waals surface area contributed by atoms with E-state index in [4.69, 9.17) is 25.8 Å². The highest BCUT2D eigenvalue weighted by Crippen LogP contribution is 2.35. The van der Waals surface area contributed by atoms with Gasteiger partial charge in [-0.2, -0.15) is 5.10 Å². The van der Waals surface area contributed by atoms with Crippen LogP contribution in [0.25, 0.3) is 0 Å². The van der Waals surface area contributed by atoms with E-state index in [2.05, 4.69) is 10.5 Å². The molecule has 26 heavy (non-hydrogen) atoms. The molecule has 1 amide bonds. The van der Waals surface area contributed by atoms with Crippen molar-refractivity contribution in [1.82, 2.24) is 5.43 Å². The molecule has 2 aromatic rings. The lowest BCUT2D eigenvalue weighted by atomic mass is 10.1. The van der Waals surface area contributed by atoms with Crippen LogP contribution in [0.4, 0.5) is 0 Å². The van der Waals surface area contributed by atoms with E-state index in [1.165, 1.54) is 20.4 Å². The second kappa shape index (κ2) is 9.68. The molecule has 2 rings (SSSR count). The fraction of sp³-hybridized carbons (Fsp3) is 0.263. The van der Waals surface area contributed by atoms with Gasteiger partial charge in [0, 0.05) is 0 Å². The van der Waals surface area contributed by atoms with E-state index < -0.39 is 0 Å². The third-order valence-corrected chi connectivity index (χ3v) is 3.74. The molecule has 0 aromatic heterocycles. The molecule has 138 valence electrons. The minimum Gasteiger partial charge on any atom is -0.494 e. The second-order valence-corrected chi connectivity index (χ2v) is 5.69. The Morgan fingerprint density at radius 1 is 1.19 bits per heavy atom. The fourth-order valence-electron chi connectivity index (χ4n) is 2.29. The zero-order valence-electron chi connectivity index (χ0n) is 14.9. The lowest BCUT2D eigenvalue weighted by Crippen LogP contribution is -2.19. The van der Waals surface area contributed by atoms with Crippen molar-refractivity contribution in [3.8, 4) is 17.2 Å². The summed E-state index contributed by atoms with van der Waals surface area (Å²) < 4.78 is 15.8. The monoisotopic (exact) mass is 376 g/mol. The maximum atomic E-state index is 12.0. The van der Waals surface area contributed by atoms with Crippen LogP contribution < -0.4 is 19.6 Å². The van der Waals surface area contributed by atoms with E-state index in [9.17, 15) is 4.79 Å². The predicted octanol–water partition coefficient (Wildman–Crippen LogP) is 3.45. The lowest BCUT2D eigenvalue weighted by molar-refractivity contribution is -0.120. The number of methoxy groups -OCH3 is 2. The Bertz CT molecular complexity index is 776. The van der Waals surface area contributed by atoms with Gasteiger partial charge in [-0.15, -0.1) is 0 Å². The number of carbonyl (C=O) groups is 1. The van der Waals surface area contributed by atoms with Crippen LogP contribution in [0, 0.1) is 0 Å². The van der Waals surface area contributed by atoms with E-state index in [0.29, 0.717) is 28.7 Å². The maximum Gasteiger partial charge on any atom is 0.244 e. The molecule has 6 nitrogen and oxygen atoms in total. The zero-order chi connectivity index (χ0) is 18.9. The van der Waals surface area contributed by atoms with Crippen LogP contribution in [-0.2, 0) is 11.2 Å². The average Bonchev–Trinajstić information content (AvgIpc) is 2.63. The minimum absolute atomic E-state index is 0.219. The summed E-state index contributed by atoms with van der Waals surface area (Å²) in [5.41, 5.74) is 4.03. The van der Waals surface area contributed by atoms with Crippen molar-refractivity contribution >= 4 is 23.7 Å². The van der Waals surface area contributed by atoms with Gasteiger partial charge >= 0.3 is 0 Å². The molecule has 0 spiro atoms. The van der Waals surface area contributed by atoms with Crippen LogP contribution in [0.1, 0.15) is 18.1 Å². The molecule has 7 heteroatoms. The molecule has 0 aliphatic rings. The first kappa shape index (κ1) is 19.6. The molecule has 0 fully saturated rings. The largest absolute Gasteiger partial charge is 0.494 e. The normalized spacial score (nSPS) is 10.6. The third kappa shape index (κ3) is 5.39. The Morgan fingerprint density at radius 3 is 2.54 bits per heavy atom. The molecule has 0 atom stereocenters. The van der Waals surface area contributed by atoms with Gasteiger partial charge in [0.25, 0.3) is 0 Å². The van der Waals surface area contributed by atoms with Crippen LogP contribution in [0.5, 0.6) is 17.2 Å². The molecule has 0 radical (unpaired) electrons. The average molecular weight is 377 g/mol. The van der Waals surface area contributed by atoms with Crippen molar-refractivity contribution in [3.05, 3.63) is 52.5 Å². The summed E-state index contributed by atoms with van der Waals surface area (Å²) in [4.78, 5) is 12.0. The van der Waals surface area contributed by atoms with Gasteiger partial charge in [-0.05, 0) is 42.3 Å². The number of carbonyl (C=O) groups excluding carboxylic acids is 1. The highest BCUT2D eigenvalue weighted by atomic mass is 35.5. The molecule has 0 aliphatic heterocycles. The molecular formula is C19H21ClN2O4. The van der Waals surface area contributed by atoms with Crippen LogP contribution >= 0.6 is 11.6 Å². The van der Waals surface area contributed by atoms with Gasteiger partial charge < -0.3 is 14.2 Å². The predicted molar refractivity (Wildman–Crippen MR) is 102 cm³/mol. The molecule has 0 saturated carbocycles. The van der Waals surface area contributed by atoms with Gasteiger partial charge in [0.2, 0.25) is 5.91 Å². The highest BCUT2D eigenvalue weighted by molar-refractivity contribution is 6.32. The Labute approximate surface area is 157 Å². The number of halogens is 1. The number of hydrazone groups is 1. The van der Waals surface area contributed by atoms with Crippen molar-refractivity contribution in [3.63, 3.8) is 0 Å². The van der Waals surface area contributed by atoms with Crippen LogP contribution in [0.15, 0.2) is 41.5 Å². The molecule has 0 heterocycles. The first-order valence-corrected chi connectivity index (χ1v) is 8.40. The lowest BCUT2D eigenvalue weighted by Gasteiger charge is -2.09. The number of benzene rings is 2. The van der Waals surface area contributed by atoms with E-state index in [1.54, 1.807) is 12.1 Å².